The third-order valence-corrected chi connectivity index (χ3v) is 3.90. The molecule has 0 bridgehead atoms. The normalized spacial score (nSPS) is 18.7. The molecule has 0 aliphatic carbocycles. The Bertz CT molecular complexity index is 427. The van der Waals surface area contributed by atoms with Crippen LogP contribution in [-0.4, -0.2) is 47.1 Å². The van der Waals surface area contributed by atoms with Crippen LogP contribution >= 0.6 is 12.2 Å². The Morgan fingerprint density at radius 1 is 1.39 bits per heavy atom. The van der Waals surface area contributed by atoms with Crippen LogP contribution in [0.1, 0.15) is 12.5 Å². The van der Waals surface area contributed by atoms with E-state index < -0.39 is 0 Å². The molecule has 1 saturated heterocycles. The fraction of sp³-hybridized carbons (Fsp3) is 0.538. The molecule has 1 aliphatic rings. The van der Waals surface area contributed by atoms with Gasteiger partial charge in [-0.2, -0.15) is 0 Å². The van der Waals surface area contributed by atoms with E-state index in [1.54, 1.807) is 0 Å². The molecule has 98 valence electrons. The molecule has 2 rings (SSSR count). The van der Waals surface area contributed by atoms with Gasteiger partial charge in [-0.05, 0) is 25.5 Å². The molecule has 2 heterocycles. The van der Waals surface area contributed by atoms with Gasteiger partial charge in [-0.25, -0.2) is 4.98 Å². The fourth-order valence-corrected chi connectivity index (χ4v) is 2.46. The van der Waals surface area contributed by atoms with E-state index >= 15 is 0 Å². The van der Waals surface area contributed by atoms with Crippen LogP contribution in [0.4, 0.5) is 5.82 Å². The van der Waals surface area contributed by atoms with Crippen molar-refractivity contribution in [2.75, 3.05) is 31.1 Å². The molecular weight excluding hydrogens is 244 g/mol. The van der Waals surface area contributed by atoms with Gasteiger partial charge in [-0.1, -0.05) is 18.3 Å². The summed E-state index contributed by atoms with van der Waals surface area (Å²) in [5, 5.41) is 0. The summed E-state index contributed by atoms with van der Waals surface area (Å²) >= 11 is 5.05. The molecule has 0 amide bonds. The highest BCUT2D eigenvalue weighted by Crippen LogP contribution is 2.18. The molecule has 0 aromatic carbocycles. The Kier molecular flexibility index (Phi) is 4.14. The zero-order valence-corrected chi connectivity index (χ0v) is 11.8. The van der Waals surface area contributed by atoms with E-state index in [0.29, 0.717) is 4.99 Å². The average molecular weight is 264 g/mol. The van der Waals surface area contributed by atoms with Crippen molar-refractivity contribution < 1.29 is 0 Å². The Morgan fingerprint density at radius 2 is 2.06 bits per heavy atom. The molecule has 5 heteroatoms. The summed E-state index contributed by atoms with van der Waals surface area (Å²) in [5.41, 5.74) is 6.93. The van der Waals surface area contributed by atoms with Gasteiger partial charge in [0.15, 0.2) is 0 Å². The first-order chi connectivity index (χ1) is 8.59. The van der Waals surface area contributed by atoms with E-state index in [1.807, 2.05) is 12.3 Å². The van der Waals surface area contributed by atoms with Crippen LogP contribution in [0.3, 0.4) is 0 Å². The van der Waals surface area contributed by atoms with Crippen molar-refractivity contribution in [2.24, 2.45) is 5.73 Å². The second kappa shape index (κ2) is 5.63. The maximum atomic E-state index is 5.70. The van der Waals surface area contributed by atoms with Gasteiger partial charge in [0.1, 0.15) is 5.82 Å². The van der Waals surface area contributed by atoms with Crippen LogP contribution in [0.2, 0.25) is 0 Å². The van der Waals surface area contributed by atoms with E-state index in [9.17, 15) is 0 Å². The van der Waals surface area contributed by atoms with E-state index in [1.165, 1.54) is 5.56 Å². The van der Waals surface area contributed by atoms with Crippen LogP contribution in [-0.2, 0) is 0 Å². The lowest BCUT2D eigenvalue weighted by atomic mass is 10.2. The van der Waals surface area contributed by atoms with E-state index in [-0.39, 0.29) is 6.04 Å². The van der Waals surface area contributed by atoms with Crippen LogP contribution in [0.15, 0.2) is 18.3 Å². The van der Waals surface area contributed by atoms with Crippen molar-refractivity contribution in [3.05, 3.63) is 23.9 Å². The molecular formula is C13H20N4S. The highest BCUT2D eigenvalue weighted by molar-refractivity contribution is 7.80. The molecule has 1 aromatic rings. The molecule has 0 radical (unpaired) electrons. The molecule has 1 aromatic heterocycles. The molecule has 0 saturated carbocycles. The number of nitrogens with two attached hydrogens (primary N) is 1. The minimum atomic E-state index is 0.187. The molecule has 4 nitrogen and oxygen atoms in total. The van der Waals surface area contributed by atoms with Gasteiger partial charge in [-0.15, -0.1) is 0 Å². The minimum Gasteiger partial charge on any atom is -0.392 e. The van der Waals surface area contributed by atoms with Crippen LogP contribution in [0, 0.1) is 6.92 Å². The zero-order chi connectivity index (χ0) is 13.1. The number of rotatable bonds is 3. The lowest BCUT2D eigenvalue weighted by Gasteiger charge is -2.38. The summed E-state index contributed by atoms with van der Waals surface area (Å²) in [6.07, 6.45) is 1.85. The number of aryl methyl sites for hydroxylation is 1. The number of piperazine rings is 1. The lowest BCUT2D eigenvalue weighted by Crippen LogP contribution is -2.53. The third-order valence-electron chi connectivity index (χ3n) is 3.56. The molecule has 1 fully saturated rings. The van der Waals surface area contributed by atoms with Gasteiger partial charge < -0.3 is 10.6 Å². The molecule has 1 aliphatic heterocycles. The molecule has 2 N–H and O–H groups in total. The second-order valence-electron chi connectivity index (χ2n) is 4.75. The summed E-state index contributed by atoms with van der Waals surface area (Å²) < 4.78 is 0. The standard InChI is InChI=1S/C13H20N4S/c1-10-4-3-5-15-13(10)17-8-6-16(7-9-17)11(2)12(14)18/h3-5,11H,6-9H2,1-2H3,(H2,14,18). The summed E-state index contributed by atoms with van der Waals surface area (Å²) in [7, 11) is 0. The van der Waals surface area contributed by atoms with Gasteiger partial charge in [0.25, 0.3) is 0 Å². The van der Waals surface area contributed by atoms with Gasteiger partial charge >= 0.3 is 0 Å². The number of aromatic nitrogens is 1. The Hall–Kier alpha value is -1.20. The average Bonchev–Trinajstić information content (AvgIpc) is 2.38. The van der Waals surface area contributed by atoms with Crippen molar-refractivity contribution in [1.29, 1.82) is 0 Å². The SMILES string of the molecule is Cc1cccnc1N1CCN(C(C)C(N)=S)CC1. The predicted molar refractivity (Wildman–Crippen MR) is 79.0 cm³/mol. The number of thiocarbonyl (C=S) groups is 1. The Morgan fingerprint density at radius 3 is 2.61 bits per heavy atom. The van der Waals surface area contributed by atoms with Crippen molar-refractivity contribution >= 4 is 23.0 Å². The van der Waals surface area contributed by atoms with Crippen LogP contribution < -0.4 is 10.6 Å². The molecule has 18 heavy (non-hydrogen) atoms. The number of anilines is 1. The van der Waals surface area contributed by atoms with E-state index in [0.717, 1.165) is 32.0 Å². The maximum Gasteiger partial charge on any atom is 0.131 e. The number of nitrogens with zero attached hydrogens (tertiary/aromatic N) is 3. The molecule has 1 unspecified atom stereocenters. The highest BCUT2D eigenvalue weighted by Gasteiger charge is 2.23. The maximum absolute atomic E-state index is 5.70. The third kappa shape index (κ3) is 2.79. The largest absolute Gasteiger partial charge is 0.392 e. The first-order valence-electron chi connectivity index (χ1n) is 6.29. The van der Waals surface area contributed by atoms with Crippen molar-refractivity contribution in [3.8, 4) is 0 Å². The summed E-state index contributed by atoms with van der Waals surface area (Å²) in [6, 6.07) is 4.27. The zero-order valence-electron chi connectivity index (χ0n) is 11.0. The van der Waals surface area contributed by atoms with Gasteiger partial charge in [0.05, 0.1) is 11.0 Å². The van der Waals surface area contributed by atoms with Gasteiger partial charge in [0.2, 0.25) is 0 Å². The fourth-order valence-electron chi connectivity index (χ4n) is 2.31. The first-order valence-corrected chi connectivity index (χ1v) is 6.70. The summed E-state index contributed by atoms with van der Waals surface area (Å²) in [4.78, 5) is 9.71. The Balaban J connectivity index is 1.99. The first kappa shape index (κ1) is 13.2. The lowest BCUT2D eigenvalue weighted by molar-refractivity contribution is 0.238. The predicted octanol–water partition coefficient (Wildman–Crippen LogP) is 1.19. The molecule has 1 atom stereocenters. The minimum absolute atomic E-state index is 0.187. The van der Waals surface area contributed by atoms with Gasteiger partial charge in [0, 0.05) is 32.4 Å². The van der Waals surface area contributed by atoms with Crippen LogP contribution in [0.5, 0.6) is 0 Å². The molecule has 0 spiro atoms. The van der Waals surface area contributed by atoms with E-state index in [4.69, 9.17) is 18.0 Å². The highest BCUT2D eigenvalue weighted by atomic mass is 32.1. The monoisotopic (exact) mass is 264 g/mol. The number of pyridine rings is 1. The Labute approximate surface area is 114 Å². The van der Waals surface area contributed by atoms with Crippen molar-refractivity contribution in [2.45, 2.75) is 19.9 Å². The summed E-state index contributed by atoms with van der Waals surface area (Å²) in [5.74, 6) is 1.10. The topological polar surface area (TPSA) is 45.4 Å². The second-order valence-corrected chi connectivity index (χ2v) is 5.22. The number of hydrogen-bond acceptors (Lipinski definition) is 4. The quantitative estimate of drug-likeness (QED) is 0.831. The van der Waals surface area contributed by atoms with Crippen molar-refractivity contribution in [3.63, 3.8) is 0 Å². The number of hydrogen-bond donors (Lipinski definition) is 1. The smallest absolute Gasteiger partial charge is 0.131 e. The van der Waals surface area contributed by atoms with Crippen LogP contribution in [0.25, 0.3) is 0 Å². The summed E-state index contributed by atoms with van der Waals surface area (Å²) in [6.45, 7) is 8.09. The van der Waals surface area contributed by atoms with Crippen molar-refractivity contribution in [1.82, 2.24) is 9.88 Å². The van der Waals surface area contributed by atoms with E-state index in [2.05, 4.69) is 34.7 Å². The van der Waals surface area contributed by atoms with Gasteiger partial charge in [-0.3, -0.25) is 4.90 Å².